The largest absolute Gasteiger partial charge is 0.496 e. The van der Waals surface area contributed by atoms with Gasteiger partial charge in [0.1, 0.15) is 5.75 Å². The van der Waals surface area contributed by atoms with Crippen LogP contribution in [0, 0.1) is 6.92 Å². The van der Waals surface area contributed by atoms with Gasteiger partial charge in [-0.2, -0.15) is 0 Å². The number of ether oxygens (including phenoxy) is 1. The Morgan fingerprint density at radius 2 is 2.14 bits per heavy atom. The highest BCUT2D eigenvalue weighted by Crippen LogP contribution is 2.21. The van der Waals surface area contributed by atoms with Crippen molar-refractivity contribution in [3.05, 3.63) is 29.3 Å². The van der Waals surface area contributed by atoms with E-state index in [-0.39, 0.29) is 6.04 Å². The molecule has 78 valence electrons. The van der Waals surface area contributed by atoms with Crippen LogP contribution in [0.25, 0.3) is 0 Å². The smallest absolute Gasteiger partial charge is 0.122 e. The van der Waals surface area contributed by atoms with Crippen LogP contribution in [0.5, 0.6) is 5.75 Å². The molecule has 14 heavy (non-hydrogen) atoms. The number of nitrogens with two attached hydrogens (primary N) is 1. The minimum atomic E-state index is 0.250. The second-order valence-electron chi connectivity index (χ2n) is 3.83. The van der Waals surface area contributed by atoms with E-state index < -0.39 is 0 Å². The summed E-state index contributed by atoms with van der Waals surface area (Å²) in [5.41, 5.74) is 8.25. The number of methoxy groups -OCH3 is 1. The Labute approximate surface area is 86.1 Å². The van der Waals surface area contributed by atoms with Gasteiger partial charge < -0.3 is 10.5 Å². The monoisotopic (exact) mass is 193 g/mol. The fraction of sp³-hybridized carbons (Fsp3) is 0.500. The van der Waals surface area contributed by atoms with Gasteiger partial charge in [0, 0.05) is 6.04 Å². The van der Waals surface area contributed by atoms with Crippen LogP contribution in [0.1, 0.15) is 24.5 Å². The van der Waals surface area contributed by atoms with E-state index in [0.29, 0.717) is 0 Å². The predicted molar refractivity (Wildman–Crippen MR) is 59.7 cm³/mol. The molecule has 2 heteroatoms. The molecule has 0 aliphatic rings. The van der Waals surface area contributed by atoms with Gasteiger partial charge in [-0.3, -0.25) is 0 Å². The Hall–Kier alpha value is -1.02. The molecule has 2 N–H and O–H groups in total. The second kappa shape index (κ2) is 5.01. The van der Waals surface area contributed by atoms with Gasteiger partial charge in [0.25, 0.3) is 0 Å². The van der Waals surface area contributed by atoms with Crippen LogP contribution in [-0.2, 0) is 6.42 Å². The quantitative estimate of drug-likeness (QED) is 0.796. The zero-order chi connectivity index (χ0) is 10.6. The molecule has 0 spiro atoms. The first-order valence-corrected chi connectivity index (χ1v) is 5.02. The maximum absolute atomic E-state index is 5.73. The molecule has 0 aromatic heterocycles. The third kappa shape index (κ3) is 3.04. The van der Waals surface area contributed by atoms with E-state index in [9.17, 15) is 0 Å². The highest BCUT2D eigenvalue weighted by Gasteiger charge is 2.04. The van der Waals surface area contributed by atoms with Crippen molar-refractivity contribution in [2.45, 2.75) is 32.7 Å². The highest BCUT2D eigenvalue weighted by molar-refractivity contribution is 5.36. The minimum Gasteiger partial charge on any atom is -0.496 e. The first kappa shape index (κ1) is 11.1. The van der Waals surface area contributed by atoms with Gasteiger partial charge in [0.05, 0.1) is 7.11 Å². The standard InChI is InChI=1S/C12H19NO/c1-9-4-7-12(14-3)11(8-9)6-5-10(2)13/h4,7-8,10H,5-6,13H2,1-3H3/t10-/m1/s1. The normalized spacial score (nSPS) is 12.6. The summed E-state index contributed by atoms with van der Waals surface area (Å²) >= 11 is 0. The summed E-state index contributed by atoms with van der Waals surface area (Å²) in [5, 5.41) is 0. The number of rotatable bonds is 4. The maximum Gasteiger partial charge on any atom is 0.122 e. The van der Waals surface area contributed by atoms with Crippen molar-refractivity contribution in [1.29, 1.82) is 0 Å². The molecule has 0 saturated carbocycles. The molecule has 1 aromatic rings. The van der Waals surface area contributed by atoms with Crippen LogP contribution in [0.15, 0.2) is 18.2 Å². The Bertz CT molecular complexity index is 294. The van der Waals surface area contributed by atoms with E-state index >= 15 is 0 Å². The molecule has 0 aliphatic carbocycles. The molecule has 0 bridgehead atoms. The predicted octanol–water partition coefficient (Wildman–Crippen LogP) is 2.28. The fourth-order valence-corrected chi connectivity index (χ4v) is 1.49. The second-order valence-corrected chi connectivity index (χ2v) is 3.83. The van der Waals surface area contributed by atoms with Gasteiger partial charge in [-0.25, -0.2) is 0 Å². The summed E-state index contributed by atoms with van der Waals surface area (Å²) in [4.78, 5) is 0. The molecule has 0 amide bonds. The number of aryl methyl sites for hydroxylation is 2. The molecule has 0 aliphatic heterocycles. The van der Waals surface area contributed by atoms with E-state index in [4.69, 9.17) is 10.5 Å². The first-order valence-electron chi connectivity index (χ1n) is 5.02. The van der Waals surface area contributed by atoms with Gasteiger partial charge in [0.15, 0.2) is 0 Å². The van der Waals surface area contributed by atoms with E-state index in [1.807, 2.05) is 13.0 Å². The Morgan fingerprint density at radius 1 is 1.43 bits per heavy atom. The molecule has 2 nitrogen and oxygen atoms in total. The average Bonchev–Trinajstić information content (AvgIpc) is 2.15. The number of hydrogen-bond acceptors (Lipinski definition) is 2. The maximum atomic E-state index is 5.73. The molecule has 0 radical (unpaired) electrons. The molecule has 1 atom stereocenters. The van der Waals surface area contributed by atoms with Gasteiger partial charge in [-0.1, -0.05) is 17.7 Å². The molecule has 0 saturated heterocycles. The molecule has 0 heterocycles. The lowest BCUT2D eigenvalue weighted by Crippen LogP contribution is -2.15. The fourth-order valence-electron chi connectivity index (χ4n) is 1.49. The van der Waals surface area contributed by atoms with Crippen molar-refractivity contribution in [3.8, 4) is 5.75 Å². The minimum absolute atomic E-state index is 0.250. The summed E-state index contributed by atoms with van der Waals surface area (Å²) in [5.74, 6) is 0.969. The lowest BCUT2D eigenvalue weighted by Gasteiger charge is -2.10. The van der Waals surface area contributed by atoms with Gasteiger partial charge in [-0.05, 0) is 38.3 Å². The Kier molecular flexibility index (Phi) is 3.96. The van der Waals surface area contributed by atoms with Crippen LogP contribution in [-0.4, -0.2) is 13.2 Å². The van der Waals surface area contributed by atoms with Crippen LogP contribution in [0.4, 0.5) is 0 Å². The van der Waals surface area contributed by atoms with Crippen molar-refractivity contribution in [2.24, 2.45) is 5.73 Å². The van der Waals surface area contributed by atoms with E-state index in [2.05, 4.69) is 19.1 Å². The molecular formula is C12H19NO. The van der Waals surface area contributed by atoms with Crippen LogP contribution >= 0.6 is 0 Å². The van der Waals surface area contributed by atoms with E-state index in [1.165, 1.54) is 11.1 Å². The van der Waals surface area contributed by atoms with Gasteiger partial charge in [0.2, 0.25) is 0 Å². The zero-order valence-corrected chi connectivity index (χ0v) is 9.21. The molecule has 0 unspecified atom stereocenters. The molecular weight excluding hydrogens is 174 g/mol. The summed E-state index contributed by atoms with van der Waals surface area (Å²) < 4.78 is 5.29. The first-order chi connectivity index (χ1) is 6.63. The molecule has 1 aromatic carbocycles. The molecule has 1 rings (SSSR count). The lowest BCUT2D eigenvalue weighted by molar-refractivity contribution is 0.408. The van der Waals surface area contributed by atoms with Gasteiger partial charge >= 0.3 is 0 Å². The van der Waals surface area contributed by atoms with Crippen molar-refractivity contribution >= 4 is 0 Å². The van der Waals surface area contributed by atoms with Crippen LogP contribution < -0.4 is 10.5 Å². The topological polar surface area (TPSA) is 35.2 Å². The van der Waals surface area contributed by atoms with Gasteiger partial charge in [-0.15, -0.1) is 0 Å². The summed E-state index contributed by atoms with van der Waals surface area (Å²) in [6.07, 6.45) is 1.99. The number of hydrogen-bond donors (Lipinski definition) is 1. The Morgan fingerprint density at radius 3 is 2.71 bits per heavy atom. The average molecular weight is 193 g/mol. The van der Waals surface area contributed by atoms with E-state index in [1.54, 1.807) is 7.11 Å². The third-order valence-corrected chi connectivity index (χ3v) is 2.30. The van der Waals surface area contributed by atoms with Crippen LogP contribution in [0.3, 0.4) is 0 Å². The zero-order valence-electron chi connectivity index (χ0n) is 9.21. The van der Waals surface area contributed by atoms with E-state index in [0.717, 1.165) is 18.6 Å². The Balaban J connectivity index is 2.77. The van der Waals surface area contributed by atoms with Crippen molar-refractivity contribution in [1.82, 2.24) is 0 Å². The molecule has 0 fully saturated rings. The SMILES string of the molecule is COc1ccc(C)cc1CC[C@@H](C)N. The summed E-state index contributed by atoms with van der Waals surface area (Å²) in [6.45, 7) is 4.12. The lowest BCUT2D eigenvalue weighted by atomic mass is 10.0. The van der Waals surface area contributed by atoms with Crippen molar-refractivity contribution in [2.75, 3.05) is 7.11 Å². The third-order valence-electron chi connectivity index (χ3n) is 2.30. The summed E-state index contributed by atoms with van der Waals surface area (Å²) in [6, 6.07) is 6.50. The summed E-state index contributed by atoms with van der Waals surface area (Å²) in [7, 11) is 1.71. The van der Waals surface area contributed by atoms with Crippen molar-refractivity contribution in [3.63, 3.8) is 0 Å². The van der Waals surface area contributed by atoms with Crippen molar-refractivity contribution < 1.29 is 4.74 Å². The number of benzene rings is 1. The highest BCUT2D eigenvalue weighted by atomic mass is 16.5. The van der Waals surface area contributed by atoms with Crippen LogP contribution in [0.2, 0.25) is 0 Å².